The van der Waals surface area contributed by atoms with Gasteiger partial charge in [-0.05, 0) is 30.9 Å². The van der Waals surface area contributed by atoms with E-state index in [2.05, 4.69) is 0 Å². The molecule has 0 unspecified atom stereocenters. The van der Waals surface area contributed by atoms with Gasteiger partial charge in [0, 0.05) is 13.1 Å². The van der Waals surface area contributed by atoms with Gasteiger partial charge in [0.1, 0.15) is 0 Å². The molecular formula is C16H17F3N2O2. The Morgan fingerprint density at radius 3 is 2.48 bits per heavy atom. The number of amides is 2. The van der Waals surface area contributed by atoms with Gasteiger partial charge in [0.15, 0.2) is 0 Å². The number of carbonyl (C=O) groups excluding carboxylic acids is 2. The summed E-state index contributed by atoms with van der Waals surface area (Å²) < 4.78 is 38.6. The minimum atomic E-state index is -4.43. The SMILES string of the molecule is NC(=O)[C@@H]1CCN(C(=O)C2(c3cccc(C(F)(F)F)c3)CC2)C1. The van der Waals surface area contributed by atoms with Crippen LogP contribution in [0.5, 0.6) is 0 Å². The second kappa shape index (κ2) is 5.25. The molecule has 4 nitrogen and oxygen atoms in total. The average Bonchev–Trinajstić information content (AvgIpc) is 3.15. The van der Waals surface area contributed by atoms with Crippen molar-refractivity contribution in [2.75, 3.05) is 13.1 Å². The van der Waals surface area contributed by atoms with Crippen LogP contribution in [-0.2, 0) is 21.2 Å². The van der Waals surface area contributed by atoms with Crippen LogP contribution in [0.25, 0.3) is 0 Å². The zero-order chi connectivity index (χ0) is 16.8. The lowest BCUT2D eigenvalue weighted by Gasteiger charge is -2.24. The Kier molecular flexibility index (Phi) is 3.61. The van der Waals surface area contributed by atoms with Gasteiger partial charge in [0.2, 0.25) is 11.8 Å². The van der Waals surface area contributed by atoms with Crippen molar-refractivity contribution < 1.29 is 22.8 Å². The van der Waals surface area contributed by atoms with E-state index in [9.17, 15) is 22.8 Å². The van der Waals surface area contributed by atoms with E-state index < -0.39 is 23.1 Å². The summed E-state index contributed by atoms with van der Waals surface area (Å²) in [5.74, 6) is -0.999. The third kappa shape index (κ3) is 2.80. The molecule has 1 saturated heterocycles. The second-order valence-electron chi connectivity index (χ2n) is 6.30. The number of nitrogens with zero attached hydrogens (tertiary/aromatic N) is 1. The van der Waals surface area contributed by atoms with Crippen LogP contribution in [0.4, 0.5) is 13.2 Å². The molecule has 1 aromatic rings. The Hall–Kier alpha value is -2.05. The number of rotatable bonds is 3. The van der Waals surface area contributed by atoms with E-state index in [0.29, 0.717) is 31.4 Å². The van der Waals surface area contributed by atoms with Gasteiger partial charge in [-0.1, -0.05) is 18.2 Å². The Labute approximate surface area is 131 Å². The van der Waals surface area contributed by atoms with Crippen LogP contribution in [0.15, 0.2) is 24.3 Å². The first-order valence-electron chi connectivity index (χ1n) is 7.50. The van der Waals surface area contributed by atoms with Crippen molar-refractivity contribution in [2.24, 2.45) is 11.7 Å². The number of hydrogen-bond donors (Lipinski definition) is 1. The third-order valence-electron chi connectivity index (χ3n) is 4.78. The summed E-state index contributed by atoms with van der Waals surface area (Å²) >= 11 is 0. The van der Waals surface area contributed by atoms with Crippen LogP contribution in [0.3, 0.4) is 0 Å². The molecule has 3 rings (SSSR count). The molecule has 2 amide bonds. The van der Waals surface area contributed by atoms with Crippen molar-refractivity contribution >= 4 is 11.8 Å². The minimum Gasteiger partial charge on any atom is -0.369 e. The Balaban J connectivity index is 1.83. The topological polar surface area (TPSA) is 63.4 Å². The molecule has 23 heavy (non-hydrogen) atoms. The quantitative estimate of drug-likeness (QED) is 0.924. The van der Waals surface area contributed by atoms with E-state index in [0.717, 1.165) is 12.1 Å². The van der Waals surface area contributed by atoms with Crippen molar-refractivity contribution in [3.8, 4) is 0 Å². The van der Waals surface area contributed by atoms with E-state index in [1.807, 2.05) is 0 Å². The zero-order valence-electron chi connectivity index (χ0n) is 12.4. The number of carbonyl (C=O) groups is 2. The fourth-order valence-electron chi connectivity index (χ4n) is 3.22. The van der Waals surface area contributed by atoms with Crippen molar-refractivity contribution in [1.82, 2.24) is 4.90 Å². The first-order valence-corrected chi connectivity index (χ1v) is 7.50. The number of nitrogens with two attached hydrogens (primary N) is 1. The fourth-order valence-corrected chi connectivity index (χ4v) is 3.22. The molecule has 1 aromatic carbocycles. The number of primary amides is 1. The van der Waals surface area contributed by atoms with Crippen LogP contribution in [0.1, 0.15) is 30.4 Å². The summed E-state index contributed by atoms with van der Waals surface area (Å²) in [6.07, 6.45) is -2.85. The van der Waals surface area contributed by atoms with Gasteiger partial charge in [-0.2, -0.15) is 13.2 Å². The molecule has 2 aliphatic rings. The Morgan fingerprint density at radius 1 is 1.26 bits per heavy atom. The lowest BCUT2D eigenvalue weighted by atomic mass is 9.92. The predicted molar refractivity (Wildman–Crippen MR) is 76.2 cm³/mol. The summed E-state index contributed by atoms with van der Waals surface area (Å²) in [6, 6.07) is 4.97. The molecule has 1 saturated carbocycles. The van der Waals surface area contributed by atoms with Gasteiger partial charge in [-0.25, -0.2) is 0 Å². The molecule has 0 radical (unpaired) electrons. The number of alkyl halides is 3. The van der Waals surface area contributed by atoms with E-state index in [4.69, 9.17) is 5.73 Å². The summed E-state index contributed by atoms with van der Waals surface area (Å²) in [7, 11) is 0. The highest BCUT2D eigenvalue weighted by Gasteiger charge is 2.54. The van der Waals surface area contributed by atoms with E-state index in [-0.39, 0.29) is 18.4 Å². The molecule has 1 heterocycles. The number of halogens is 3. The van der Waals surface area contributed by atoms with E-state index in [1.54, 1.807) is 11.0 Å². The summed E-state index contributed by atoms with van der Waals surface area (Å²) in [4.78, 5) is 25.5. The van der Waals surface area contributed by atoms with Gasteiger partial charge in [-0.3, -0.25) is 9.59 Å². The highest BCUT2D eigenvalue weighted by Crippen LogP contribution is 2.51. The molecule has 0 aromatic heterocycles. The molecule has 1 aliphatic heterocycles. The summed E-state index contributed by atoms with van der Waals surface area (Å²) in [5.41, 5.74) is 4.05. The summed E-state index contributed by atoms with van der Waals surface area (Å²) in [5, 5.41) is 0. The third-order valence-corrected chi connectivity index (χ3v) is 4.78. The molecule has 124 valence electrons. The predicted octanol–water partition coefficient (Wildman–Crippen LogP) is 2.07. The number of benzene rings is 1. The maximum Gasteiger partial charge on any atom is 0.416 e. The van der Waals surface area contributed by atoms with E-state index in [1.165, 1.54) is 6.07 Å². The van der Waals surface area contributed by atoms with Crippen molar-refractivity contribution in [1.29, 1.82) is 0 Å². The van der Waals surface area contributed by atoms with Crippen LogP contribution < -0.4 is 5.73 Å². The van der Waals surface area contributed by atoms with Crippen LogP contribution in [0.2, 0.25) is 0 Å². The lowest BCUT2D eigenvalue weighted by molar-refractivity contribution is -0.138. The number of likely N-dealkylation sites (tertiary alicyclic amines) is 1. The molecule has 2 fully saturated rings. The largest absolute Gasteiger partial charge is 0.416 e. The Bertz CT molecular complexity index is 653. The average molecular weight is 326 g/mol. The molecule has 1 atom stereocenters. The maximum atomic E-state index is 12.9. The second-order valence-corrected chi connectivity index (χ2v) is 6.30. The smallest absolute Gasteiger partial charge is 0.369 e. The maximum absolute atomic E-state index is 12.9. The molecule has 2 N–H and O–H groups in total. The van der Waals surface area contributed by atoms with Crippen LogP contribution in [-0.4, -0.2) is 29.8 Å². The zero-order valence-corrected chi connectivity index (χ0v) is 12.4. The normalized spacial score (nSPS) is 22.9. The van der Waals surface area contributed by atoms with Gasteiger partial charge in [-0.15, -0.1) is 0 Å². The lowest BCUT2D eigenvalue weighted by Crippen LogP contribution is -2.39. The van der Waals surface area contributed by atoms with Crippen molar-refractivity contribution in [3.63, 3.8) is 0 Å². The van der Waals surface area contributed by atoms with Gasteiger partial charge < -0.3 is 10.6 Å². The molecule has 1 aliphatic carbocycles. The first-order chi connectivity index (χ1) is 10.7. The Morgan fingerprint density at radius 2 is 1.96 bits per heavy atom. The van der Waals surface area contributed by atoms with E-state index >= 15 is 0 Å². The standard InChI is InChI=1S/C16H17F3N2O2/c17-16(18,19)12-3-1-2-11(8-12)15(5-6-15)14(23)21-7-4-10(9-21)13(20)22/h1-3,8,10H,4-7,9H2,(H2,20,22)/t10-/m1/s1. The molecular weight excluding hydrogens is 309 g/mol. The van der Waals surface area contributed by atoms with Gasteiger partial charge in [0.25, 0.3) is 0 Å². The van der Waals surface area contributed by atoms with Crippen LogP contribution in [0, 0.1) is 5.92 Å². The highest BCUT2D eigenvalue weighted by atomic mass is 19.4. The summed E-state index contributed by atoms with van der Waals surface area (Å²) in [6.45, 7) is 0.683. The van der Waals surface area contributed by atoms with Crippen LogP contribution >= 0.6 is 0 Å². The molecule has 0 spiro atoms. The minimum absolute atomic E-state index is 0.194. The molecule has 7 heteroatoms. The van der Waals surface area contributed by atoms with Crippen molar-refractivity contribution in [2.45, 2.75) is 30.9 Å². The monoisotopic (exact) mass is 326 g/mol. The fraction of sp³-hybridized carbons (Fsp3) is 0.500. The van der Waals surface area contributed by atoms with Crippen molar-refractivity contribution in [3.05, 3.63) is 35.4 Å². The molecule has 0 bridgehead atoms. The van der Waals surface area contributed by atoms with Gasteiger partial charge in [0.05, 0.1) is 16.9 Å². The van der Waals surface area contributed by atoms with Gasteiger partial charge >= 0.3 is 6.18 Å². The highest BCUT2D eigenvalue weighted by molar-refractivity contribution is 5.92. The number of hydrogen-bond acceptors (Lipinski definition) is 2. The first kappa shape index (κ1) is 15.8.